The number of rotatable bonds is 7. The average molecular weight is 415 g/mol. The molecule has 0 radical (unpaired) electrons. The summed E-state index contributed by atoms with van der Waals surface area (Å²) in [5.74, 6) is 0.337. The highest BCUT2D eigenvalue weighted by Crippen LogP contribution is 2.23. The van der Waals surface area contributed by atoms with Gasteiger partial charge in [-0.1, -0.05) is 18.2 Å². The Morgan fingerprint density at radius 1 is 1.20 bits per heavy atom. The van der Waals surface area contributed by atoms with E-state index in [1.807, 2.05) is 17.0 Å². The number of ether oxygens (including phenoxy) is 1. The van der Waals surface area contributed by atoms with Crippen LogP contribution < -0.4 is 0 Å². The standard InChI is InChI=1S/C23H31FN4O2/c1-26-22(8-11-25-26)23(29)28(17-20-6-4-14-30-20)15-18-9-12-27(13-10-18)16-19-5-2-3-7-21(19)24/h2-3,5,7-8,11,18,20H,4,6,9-10,12-17H2,1H3/t20-/m1/s1. The minimum absolute atomic E-state index is 0.0271. The van der Waals surface area contributed by atoms with Gasteiger partial charge >= 0.3 is 0 Å². The maximum atomic E-state index is 14.0. The Hall–Kier alpha value is -2.25. The number of likely N-dealkylation sites (tertiary alicyclic amines) is 1. The fraction of sp³-hybridized carbons (Fsp3) is 0.565. The summed E-state index contributed by atoms with van der Waals surface area (Å²) < 4.78 is 21.4. The largest absolute Gasteiger partial charge is 0.376 e. The number of amides is 1. The highest BCUT2D eigenvalue weighted by atomic mass is 19.1. The van der Waals surface area contributed by atoms with E-state index >= 15 is 0 Å². The van der Waals surface area contributed by atoms with Crippen molar-refractivity contribution in [1.29, 1.82) is 0 Å². The Kier molecular flexibility index (Phi) is 6.79. The minimum atomic E-state index is -0.135. The fourth-order valence-corrected chi connectivity index (χ4v) is 4.53. The van der Waals surface area contributed by atoms with Crippen molar-refractivity contribution in [2.24, 2.45) is 13.0 Å². The van der Waals surface area contributed by atoms with Crippen LogP contribution in [0.4, 0.5) is 4.39 Å². The molecule has 162 valence electrons. The van der Waals surface area contributed by atoms with E-state index in [-0.39, 0.29) is 17.8 Å². The average Bonchev–Trinajstić information content (AvgIpc) is 3.42. The van der Waals surface area contributed by atoms with Crippen molar-refractivity contribution in [2.75, 3.05) is 32.8 Å². The highest BCUT2D eigenvalue weighted by Gasteiger charge is 2.29. The number of carbonyl (C=O) groups is 1. The van der Waals surface area contributed by atoms with Crippen LogP contribution in [-0.2, 0) is 18.3 Å². The number of hydrogen-bond donors (Lipinski definition) is 0. The fourth-order valence-electron chi connectivity index (χ4n) is 4.53. The van der Waals surface area contributed by atoms with E-state index in [1.165, 1.54) is 6.07 Å². The first-order valence-electron chi connectivity index (χ1n) is 10.9. The van der Waals surface area contributed by atoms with Crippen molar-refractivity contribution in [3.05, 3.63) is 53.6 Å². The summed E-state index contributed by atoms with van der Waals surface area (Å²) in [7, 11) is 1.80. The summed E-state index contributed by atoms with van der Waals surface area (Å²) in [5, 5.41) is 4.16. The third kappa shape index (κ3) is 5.08. The number of carbonyl (C=O) groups excluding carboxylic acids is 1. The van der Waals surface area contributed by atoms with Crippen LogP contribution in [0, 0.1) is 11.7 Å². The van der Waals surface area contributed by atoms with Gasteiger partial charge in [-0.15, -0.1) is 0 Å². The van der Waals surface area contributed by atoms with Gasteiger partial charge in [0, 0.05) is 45.0 Å². The van der Waals surface area contributed by atoms with Crippen LogP contribution in [0.5, 0.6) is 0 Å². The van der Waals surface area contributed by atoms with Gasteiger partial charge in [0.05, 0.1) is 6.10 Å². The summed E-state index contributed by atoms with van der Waals surface area (Å²) in [5.41, 5.74) is 1.37. The number of nitrogens with zero attached hydrogens (tertiary/aromatic N) is 4. The van der Waals surface area contributed by atoms with Crippen molar-refractivity contribution in [3.63, 3.8) is 0 Å². The molecule has 7 heteroatoms. The smallest absolute Gasteiger partial charge is 0.272 e. The van der Waals surface area contributed by atoms with E-state index in [1.54, 1.807) is 30.1 Å². The maximum Gasteiger partial charge on any atom is 0.272 e. The second-order valence-corrected chi connectivity index (χ2v) is 8.50. The monoisotopic (exact) mass is 414 g/mol. The van der Waals surface area contributed by atoms with E-state index < -0.39 is 0 Å². The normalized spacial score (nSPS) is 20.5. The highest BCUT2D eigenvalue weighted by molar-refractivity contribution is 5.92. The molecular formula is C23H31FN4O2. The molecule has 0 spiro atoms. The van der Waals surface area contributed by atoms with Crippen molar-refractivity contribution < 1.29 is 13.9 Å². The summed E-state index contributed by atoms with van der Waals surface area (Å²) >= 11 is 0. The lowest BCUT2D eigenvalue weighted by Gasteiger charge is -2.35. The van der Waals surface area contributed by atoms with Crippen LogP contribution >= 0.6 is 0 Å². The lowest BCUT2D eigenvalue weighted by Crippen LogP contribution is -2.44. The predicted octanol–water partition coefficient (Wildman–Crippen LogP) is 3.09. The quantitative estimate of drug-likeness (QED) is 0.699. The zero-order valence-corrected chi connectivity index (χ0v) is 17.7. The molecule has 2 aromatic rings. The third-order valence-corrected chi connectivity index (χ3v) is 6.31. The molecule has 2 aliphatic rings. The summed E-state index contributed by atoms with van der Waals surface area (Å²) in [6, 6.07) is 8.78. The van der Waals surface area contributed by atoms with E-state index in [0.29, 0.717) is 24.7 Å². The molecule has 2 saturated heterocycles. The molecule has 1 amide bonds. The van der Waals surface area contributed by atoms with Crippen LogP contribution in [0.1, 0.15) is 41.7 Å². The second kappa shape index (κ2) is 9.71. The number of aromatic nitrogens is 2. The SMILES string of the molecule is Cn1nccc1C(=O)N(CC1CCN(Cc2ccccc2F)CC1)C[C@H]1CCCO1. The van der Waals surface area contributed by atoms with Gasteiger partial charge in [0.25, 0.3) is 5.91 Å². The van der Waals surface area contributed by atoms with Crippen LogP contribution in [0.25, 0.3) is 0 Å². The van der Waals surface area contributed by atoms with E-state index in [2.05, 4.69) is 10.00 Å². The Morgan fingerprint density at radius 3 is 2.67 bits per heavy atom. The number of piperidine rings is 1. The number of benzene rings is 1. The molecule has 6 nitrogen and oxygen atoms in total. The van der Waals surface area contributed by atoms with Gasteiger partial charge in [-0.3, -0.25) is 14.4 Å². The van der Waals surface area contributed by atoms with Gasteiger partial charge in [0.1, 0.15) is 11.5 Å². The molecule has 3 heterocycles. The van der Waals surface area contributed by atoms with Gasteiger partial charge in [0.15, 0.2) is 0 Å². The van der Waals surface area contributed by atoms with Gasteiger partial charge in [-0.25, -0.2) is 4.39 Å². The van der Waals surface area contributed by atoms with Gasteiger partial charge < -0.3 is 9.64 Å². The topological polar surface area (TPSA) is 50.6 Å². The van der Waals surface area contributed by atoms with Gasteiger partial charge in [-0.2, -0.15) is 5.10 Å². The predicted molar refractivity (Wildman–Crippen MR) is 112 cm³/mol. The van der Waals surface area contributed by atoms with Crippen molar-refractivity contribution in [1.82, 2.24) is 19.6 Å². The Labute approximate surface area is 177 Å². The molecule has 4 rings (SSSR count). The molecule has 1 aromatic heterocycles. The second-order valence-electron chi connectivity index (χ2n) is 8.50. The summed E-state index contributed by atoms with van der Waals surface area (Å²) in [4.78, 5) is 17.5. The zero-order chi connectivity index (χ0) is 20.9. The summed E-state index contributed by atoms with van der Waals surface area (Å²) in [6.45, 7) is 4.65. The van der Waals surface area contributed by atoms with Crippen LogP contribution in [0.3, 0.4) is 0 Å². The van der Waals surface area contributed by atoms with E-state index in [0.717, 1.165) is 57.5 Å². The molecule has 0 unspecified atom stereocenters. The minimum Gasteiger partial charge on any atom is -0.376 e. The van der Waals surface area contributed by atoms with E-state index in [4.69, 9.17) is 4.74 Å². The van der Waals surface area contributed by atoms with Crippen LogP contribution in [0.2, 0.25) is 0 Å². The van der Waals surface area contributed by atoms with Gasteiger partial charge in [0.2, 0.25) is 0 Å². The lowest BCUT2D eigenvalue weighted by molar-refractivity contribution is 0.0436. The molecule has 0 N–H and O–H groups in total. The molecular weight excluding hydrogens is 383 g/mol. The summed E-state index contributed by atoms with van der Waals surface area (Å²) in [6.07, 6.45) is 5.88. The molecule has 1 atom stereocenters. The van der Waals surface area contributed by atoms with Crippen molar-refractivity contribution in [3.8, 4) is 0 Å². The van der Waals surface area contributed by atoms with Crippen LogP contribution in [0.15, 0.2) is 36.5 Å². The molecule has 30 heavy (non-hydrogen) atoms. The number of hydrogen-bond acceptors (Lipinski definition) is 4. The Balaban J connectivity index is 1.35. The Morgan fingerprint density at radius 2 is 2.00 bits per heavy atom. The lowest BCUT2D eigenvalue weighted by atomic mass is 9.95. The molecule has 2 fully saturated rings. The van der Waals surface area contributed by atoms with Gasteiger partial charge in [-0.05, 0) is 56.8 Å². The third-order valence-electron chi connectivity index (χ3n) is 6.31. The molecule has 0 bridgehead atoms. The first-order chi connectivity index (χ1) is 14.6. The molecule has 0 saturated carbocycles. The molecule has 0 aliphatic carbocycles. The number of aryl methyl sites for hydroxylation is 1. The first kappa shape index (κ1) is 21.0. The molecule has 1 aromatic carbocycles. The molecule has 2 aliphatic heterocycles. The Bertz CT molecular complexity index is 841. The maximum absolute atomic E-state index is 14.0. The van der Waals surface area contributed by atoms with Crippen molar-refractivity contribution >= 4 is 5.91 Å². The first-order valence-corrected chi connectivity index (χ1v) is 10.9. The zero-order valence-electron chi connectivity index (χ0n) is 17.7. The number of halogens is 1. The van der Waals surface area contributed by atoms with Crippen molar-refractivity contribution in [2.45, 2.75) is 38.3 Å². The van der Waals surface area contributed by atoms with Crippen LogP contribution in [-0.4, -0.2) is 64.4 Å². The van der Waals surface area contributed by atoms with E-state index in [9.17, 15) is 9.18 Å².